The molecule has 1 saturated heterocycles. The number of rotatable bonds is 8. The highest BCUT2D eigenvalue weighted by molar-refractivity contribution is 5.79. The molecular weight excluding hydrogens is 304 g/mol. The number of nitrogens with zero attached hydrogens (tertiary/aromatic N) is 3. The summed E-state index contributed by atoms with van der Waals surface area (Å²) in [6.07, 6.45) is 2.82. The lowest BCUT2D eigenvalue weighted by Crippen LogP contribution is -2.31. The predicted octanol–water partition coefficient (Wildman–Crippen LogP) is 1.83. The zero-order valence-corrected chi connectivity index (χ0v) is 15.4. The normalized spacial score (nSPS) is 14.7. The smallest absolute Gasteiger partial charge is 0.224 e. The minimum Gasteiger partial charge on any atom is -0.356 e. The molecule has 0 radical (unpaired) electrons. The first-order chi connectivity index (χ1) is 11.4. The highest BCUT2D eigenvalue weighted by Gasteiger charge is 2.19. The molecule has 0 atom stereocenters. The van der Waals surface area contributed by atoms with Crippen LogP contribution in [-0.4, -0.2) is 46.1 Å². The van der Waals surface area contributed by atoms with E-state index in [9.17, 15) is 9.59 Å². The fraction of sp³-hybridized carbons (Fsp3) is 0.722. The summed E-state index contributed by atoms with van der Waals surface area (Å²) in [5, 5.41) is 7.51. The Bertz CT molecular complexity index is 592. The van der Waals surface area contributed by atoms with Gasteiger partial charge in [-0.2, -0.15) is 5.10 Å². The van der Waals surface area contributed by atoms with Crippen molar-refractivity contribution in [1.82, 2.24) is 20.0 Å². The van der Waals surface area contributed by atoms with E-state index in [1.807, 2.05) is 23.4 Å². The molecule has 1 aromatic heterocycles. The monoisotopic (exact) mass is 334 g/mol. The number of amides is 2. The van der Waals surface area contributed by atoms with Crippen molar-refractivity contribution in [3.63, 3.8) is 0 Å². The van der Waals surface area contributed by atoms with Gasteiger partial charge in [-0.3, -0.25) is 14.3 Å². The number of hydrogen-bond donors (Lipinski definition) is 1. The SMILES string of the molecule is Cc1nn(CC(C)C)c(C)c1CC(=O)NCCCN1CCCC1=O. The number of likely N-dealkylation sites (tertiary alicyclic amines) is 1. The van der Waals surface area contributed by atoms with Gasteiger partial charge in [0.1, 0.15) is 0 Å². The fourth-order valence-corrected chi connectivity index (χ4v) is 3.17. The average molecular weight is 334 g/mol. The summed E-state index contributed by atoms with van der Waals surface area (Å²) in [5.41, 5.74) is 3.05. The molecule has 24 heavy (non-hydrogen) atoms. The van der Waals surface area contributed by atoms with Crippen LogP contribution in [0.3, 0.4) is 0 Å². The van der Waals surface area contributed by atoms with Crippen LogP contribution >= 0.6 is 0 Å². The van der Waals surface area contributed by atoms with E-state index in [4.69, 9.17) is 0 Å². The summed E-state index contributed by atoms with van der Waals surface area (Å²) in [5.74, 6) is 0.793. The standard InChI is InChI=1S/C18H30N4O2/c1-13(2)12-22-15(4)16(14(3)20-22)11-17(23)19-8-6-10-21-9-5-7-18(21)24/h13H,5-12H2,1-4H3,(H,19,23). The van der Waals surface area contributed by atoms with Crippen molar-refractivity contribution in [2.75, 3.05) is 19.6 Å². The number of carbonyl (C=O) groups excluding carboxylic acids is 2. The first-order valence-electron chi connectivity index (χ1n) is 8.95. The van der Waals surface area contributed by atoms with Gasteiger partial charge in [0.05, 0.1) is 12.1 Å². The predicted molar refractivity (Wildman–Crippen MR) is 93.7 cm³/mol. The summed E-state index contributed by atoms with van der Waals surface area (Å²) in [4.78, 5) is 25.6. The van der Waals surface area contributed by atoms with E-state index in [0.29, 0.717) is 25.3 Å². The van der Waals surface area contributed by atoms with Crippen LogP contribution in [0.5, 0.6) is 0 Å². The van der Waals surface area contributed by atoms with Gasteiger partial charge < -0.3 is 10.2 Å². The molecule has 0 spiro atoms. The molecule has 0 aromatic carbocycles. The van der Waals surface area contributed by atoms with Gasteiger partial charge in [0, 0.05) is 43.9 Å². The summed E-state index contributed by atoms with van der Waals surface area (Å²) in [6.45, 7) is 11.4. The molecule has 1 aromatic rings. The van der Waals surface area contributed by atoms with Crippen molar-refractivity contribution in [2.45, 2.75) is 59.9 Å². The van der Waals surface area contributed by atoms with Crippen LogP contribution in [0.1, 0.15) is 50.1 Å². The molecule has 0 saturated carbocycles. The molecular formula is C18H30N4O2. The van der Waals surface area contributed by atoms with E-state index in [-0.39, 0.29) is 11.8 Å². The second-order valence-electron chi connectivity index (χ2n) is 7.09. The van der Waals surface area contributed by atoms with Gasteiger partial charge >= 0.3 is 0 Å². The zero-order valence-electron chi connectivity index (χ0n) is 15.4. The van der Waals surface area contributed by atoms with E-state index in [1.165, 1.54) is 0 Å². The highest BCUT2D eigenvalue weighted by Crippen LogP contribution is 2.15. The lowest BCUT2D eigenvalue weighted by molar-refractivity contribution is -0.127. The maximum absolute atomic E-state index is 12.2. The lowest BCUT2D eigenvalue weighted by atomic mass is 10.1. The molecule has 2 rings (SSSR count). The largest absolute Gasteiger partial charge is 0.356 e. The molecule has 2 amide bonds. The van der Waals surface area contributed by atoms with Gasteiger partial charge in [0.25, 0.3) is 0 Å². The van der Waals surface area contributed by atoms with Crippen molar-refractivity contribution in [3.8, 4) is 0 Å². The van der Waals surface area contributed by atoms with Crippen LogP contribution in [0.15, 0.2) is 0 Å². The molecule has 6 nitrogen and oxygen atoms in total. The number of carbonyl (C=O) groups is 2. The molecule has 1 aliphatic heterocycles. The summed E-state index contributed by atoms with van der Waals surface area (Å²) >= 11 is 0. The molecule has 1 fully saturated rings. The Balaban J connectivity index is 1.78. The second-order valence-corrected chi connectivity index (χ2v) is 7.09. The van der Waals surface area contributed by atoms with E-state index in [2.05, 4.69) is 24.3 Å². The highest BCUT2D eigenvalue weighted by atomic mass is 16.2. The topological polar surface area (TPSA) is 67.2 Å². The second kappa shape index (κ2) is 8.31. The lowest BCUT2D eigenvalue weighted by Gasteiger charge is -2.15. The minimum atomic E-state index is 0.0260. The Labute approximate surface area is 144 Å². The zero-order chi connectivity index (χ0) is 17.7. The Hall–Kier alpha value is -1.85. The van der Waals surface area contributed by atoms with Crippen LogP contribution in [0.2, 0.25) is 0 Å². The van der Waals surface area contributed by atoms with E-state index in [0.717, 1.165) is 49.4 Å². The van der Waals surface area contributed by atoms with Crippen LogP contribution in [0.25, 0.3) is 0 Å². The number of nitrogens with one attached hydrogen (secondary N) is 1. The van der Waals surface area contributed by atoms with Crippen LogP contribution < -0.4 is 5.32 Å². The summed E-state index contributed by atoms with van der Waals surface area (Å²) in [6, 6.07) is 0. The number of hydrogen-bond acceptors (Lipinski definition) is 3. The molecule has 1 N–H and O–H groups in total. The third-order valence-electron chi connectivity index (χ3n) is 4.51. The van der Waals surface area contributed by atoms with Crippen molar-refractivity contribution >= 4 is 11.8 Å². The maximum atomic E-state index is 12.2. The third kappa shape index (κ3) is 4.82. The Morgan fingerprint density at radius 3 is 2.71 bits per heavy atom. The molecule has 2 heterocycles. The Morgan fingerprint density at radius 2 is 2.08 bits per heavy atom. The summed E-state index contributed by atoms with van der Waals surface area (Å²) in [7, 11) is 0. The van der Waals surface area contributed by atoms with Gasteiger partial charge in [-0.25, -0.2) is 0 Å². The quantitative estimate of drug-likeness (QED) is 0.738. The molecule has 0 bridgehead atoms. The van der Waals surface area contributed by atoms with Crippen molar-refractivity contribution < 1.29 is 9.59 Å². The van der Waals surface area contributed by atoms with Gasteiger partial charge in [0.15, 0.2) is 0 Å². The van der Waals surface area contributed by atoms with Crippen LogP contribution in [-0.2, 0) is 22.6 Å². The molecule has 0 unspecified atom stereocenters. The van der Waals surface area contributed by atoms with Gasteiger partial charge in [-0.05, 0) is 32.6 Å². The van der Waals surface area contributed by atoms with Gasteiger partial charge in [-0.1, -0.05) is 13.8 Å². The van der Waals surface area contributed by atoms with Crippen molar-refractivity contribution in [1.29, 1.82) is 0 Å². The Morgan fingerprint density at radius 1 is 1.33 bits per heavy atom. The van der Waals surface area contributed by atoms with Gasteiger partial charge in [-0.15, -0.1) is 0 Å². The molecule has 0 aliphatic carbocycles. The first kappa shape index (κ1) is 18.5. The van der Waals surface area contributed by atoms with E-state index >= 15 is 0 Å². The van der Waals surface area contributed by atoms with Crippen molar-refractivity contribution in [2.24, 2.45) is 5.92 Å². The fourth-order valence-electron chi connectivity index (χ4n) is 3.17. The van der Waals surface area contributed by atoms with E-state index in [1.54, 1.807) is 0 Å². The van der Waals surface area contributed by atoms with Crippen molar-refractivity contribution in [3.05, 3.63) is 17.0 Å². The first-order valence-corrected chi connectivity index (χ1v) is 8.95. The summed E-state index contributed by atoms with van der Waals surface area (Å²) < 4.78 is 2.00. The van der Waals surface area contributed by atoms with Crippen LogP contribution in [0.4, 0.5) is 0 Å². The van der Waals surface area contributed by atoms with Gasteiger partial charge in [0.2, 0.25) is 11.8 Å². The maximum Gasteiger partial charge on any atom is 0.224 e. The number of aromatic nitrogens is 2. The third-order valence-corrected chi connectivity index (χ3v) is 4.51. The van der Waals surface area contributed by atoms with E-state index < -0.39 is 0 Å². The average Bonchev–Trinajstić information content (AvgIpc) is 3.02. The minimum absolute atomic E-state index is 0.0260. The Kier molecular flexibility index (Phi) is 6.40. The molecule has 1 aliphatic rings. The molecule has 134 valence electrons. The van der Waals surface area contributed by atoms with Crippen LogP contribution in [0, 0.1) is 19.8 Å². The number of aryl methyl sites for hydroxylation is 1. The molecule has 6 heteroatoms.